The van der Waals surface area contributed by atoms with Crippen LogP contribution in [0.15, 0.2) is 36.5 Å². The van der Waals surface area contributed by atoms with Crippen molar-refractivity contribution >= 4 is 11.5 Å². The minimum Gasteiger partial charge on any atom is -0.507 e. The topological polar surface area (TPSA) is 65.7 Å². The number of fused-ring (bicyclic) bond motifs is 2. The van der Waals surface area contributed by atoms with E-state index in [1.54, 1.807) is 0 Å². The summed E-state index contributed by atoms with van der Waals surface area (Å²) in [6, 6.07) is 7.32. The van der Waals surface area contributed by atoms with E-state index in [1.807, 2.05) is 22.7 Å². The number of phenolic OH excluding ortho intramolecular Hbond substituents is 1. The van der Waals surface area contributed by atoms with Gasteiger partial charge < -0.3 is 10.4 Å². The van der Waals surface area contributed by atoms with Gasteiger partial charge in [0, 0.05) is 23.8 Å². The van der Waals surface area contributed by atoms with Crippen molar-refractivity contribution in [3.05, 3.63) is 42.1 Å². The van der Waals surface area contributed by atoms with Gasteiger partial charge >= 0.3 is 6.18 Å². The molecular weight excluding hydrogens is 395 g/mol. The molecule has 9 heteroatoms. The number of aromatic hydroxyl groups is 1. The van der Waals surface area contributed by atoms with Gasteiger partial charge in [0.1, 0.15) is 11.4 Å². The van der Waals surface area contributed by atoms with Gasteiger partial charge in [0.05, 0.1) is 11.1 Å². The summed E-state index contributed by atoms with van der Waals surface area (Å²) in [7, 11) is 0. The fraction of sp³-hybridized carbons (Fsp3) is 0.429. The van der Waals surface area contributed by atoms with Crippen molar-refractivity contribution in [3.63, 3.8) is 0 Å². The lowest BCUT2D eigenvalue weighted by Crippen LogP contribution is -2.47. The summed E-state index contributed by atoms with van der Waals surface area (Å²) in [6.07, 6.45) is 1.89. The lowest BCUT2D eigenvalue weighted by molar-refractivity contribution is -0.137. The maximum Gasteiger partial charge on any atom is 0.416 e. The molecule has 2 N–H and O–H groups in total. The van der Waals surface area contributed by atoms with Gasteiger partial charge in [-0.1, -0.05) is 0 Å². The molecule has 30 heavy (non-hydrogen) atoms. The summed E-state index contributed by atoms with van der Waals surface area (Å²) in [6.45, 7) is 2.28. The molecule has 158 valence electrons. The molecule has 2 aliphatic rings. The van der Waals surface area contributed by atoms with Gasteiger partial charge in [-0.05, 0) is 69.1 Å². The van der Waals surface area contributed by atoms with Crippen LogP contribution in [-0.4, -0.2) is 49.8 Å². The molecule has 0 spiro atoms. The first-order valence-electron chi connectivity index (χ1n) is 10.2. The van der Waals surface area contributed by atoms with Gasteiger partial charge in [0.25, 0.3) is 0 Å². The number of hydrogen-bond acceptors (Lipinski definition) is 5. The Hall–Kier alpha value is -2.81. The molecule has 0 aliphatic carbocycles. The van der Waals surface area contributed by atoms with Crippen LogP contribution < -0.4 is 5.32 Å². The quantitative estimate of drug-likeness (QED) is 0.670. The van der Waals surface area contributed by atoms with Crippen molar-refractivity contribution in [2.24, 2.45) is 0 Å². The first kappa shape index (κ1) is 19.2. The van der Waals surface area contributed by atoms with Crippen LogP contribution in [0.5, 0.6) is 5.75 Å². The van der Waals surface area contributed by atoms with Crippen molar-refractivity contribution in [3.8, 4) is 17.0 Å². The number of rotatable bonds is 3. The Bertz CT molecular complexity index is 1080. The summed E-state index contributed by atoms with van der Waals surface area (Å²) in [5, 5.41) is 22.4. The van der Waals surface area contributed by atoms with Crippen LogP contribution in [0.4, 0.5) is 19.1 Å². The average molecular weight is 417 g/mol. The summed E-state index contributed by atoms with van der Waals surface area (Å²) in [5.41, 5.74) is 0.315. The van der Waals surface area contributed by atoms with Crippen molar-refractivity contribution in [1.82, 2.24) is 19.5 Å². The first-order valence-corrected chi connectivity index (χ1v) is 10.2. The Morgan fingerprint density at radius 2 is 1.87 bits per heavy atom. The van der Waals surface area contributed by atoms with Gasteiger partial charge in [-0.15, -0.1) is 10.2 Å². The highest BCUT2D eigenvalue weighted by Gasteiger charge is 2.35. The summed E-state index contributed by atoms with van der Waals surface area (Å²) >= 11 is 0. The van der Waals surface area contributed by atoms with E-state index in [2.05, 4.69) is 20.4 Å². The van der Waals surface area contributed by atoms with E-state index in [1.165, 1.54) is 12.5 Å². The highest BCUT2D eigenvalue weighted by Crippen LogP contribution is 2.37. The van der Waals surface area contributed by atoms with E-state index < -0.39 is 17.5 Å². The molecule has 0 unspecified atom stereocenters. The number of benzene rings is 1. The molecule has 2 fully saturated rings. The second-order valence-corrected chi connectivity index (χ2v) is 8.00. The Morgan fingerprint density at radius 1 is 1.07 bits per heavy atom. The van der Waals surface area contributed by atoms with E-state index in [0.29, 0.717) is 23.2 Å². The molecule has 2 saturated heterocycles. The minimum atomic E-state index is -4.52. The van der Waals surface area contributed by atoms with Gasteiger partial charge in [-0.3, -0.25) is 9.30 Å². The van der Waals surface area contributed by atoms with Gasteiger partial charge in [0.2, 0.25) is 5.95 Å². The van der Waals surface area contributed by atoms with Crippen molar-refractivity contribution in [1.29, 1.82) is 0 Å². The molecule has 0 radical (unpaired) electrons. The van der Waals surface area contributed by atoms with E-state index >= 15 is 0 Å². The number of alkyl halides is 3. The third-order valence-electron chi connectivity index (χ3n) is 6.20. The zero-order valence-corrected chi connectivity index (χ0v) is 16.2. The van der Waals surface area contributed by atoms with Crippen LogP contribution >= 0.6 is 0 Å². The van der Waals surface area contributed by atoms with E-state index in [4.69, 9.17) is 0 Å². The second kappa shape index (κ2) is 7.16. The normalized spacial score (nSPS) is 22.4. The van der Waals surface area contributed by atoms with Crippen LogP contribution in [0.25, 0.3) is 16.8 Å². The van der Waals surface area contributed by atoms with Crippen LogP contribution in [0, 0.1) is 0 Å². The summed E-state index contributed by atoms with van der Waals surface area (Å²) < 4.78 is 40.6. The predicted molar refractivity (Wildman–Crippen MR) is 106 cm³/mol. The smallest absolute Gasteiger partial charge is 0.416 e. The summed E-state index contributed by atoms with van der Waals surface area (Å²) in [5.74, 6) is 0.126. The molecule has 2 aromatic heterocycles. The Kier molecular flexibility index (Phi) is 4.57. The van der Waals surface area contributed by atoms with Crippen LogP contribution in [0.3, 0.4) is 0 Å². The largest absolute Gasteiger partial charge is 0.507 e. The molecule has 6 nitrogen and oxygen atoms in total. The maximum absolute atomic E-state index is 12.9. The van der Waals surface area contributed by atoms with Crippen molar-refractivity contribution < 1.29 is 18.3 Å². The van der Waals surface area contributed by atoms with Crippen LogP contribution in [0.1, 0.15) is 31.2 Å². The third kappa shape index (κ3) is 3.27. The molecule has 3 aromatic rings. The van der Waals surface area contributed by atoms with Gasteiger partial charge in [-0.2, -0.15) is 13.2 Å². The standard InChI is InChI=1S/C21H22F3N5O/c22-21(23,24)13-7-8-14(18(30)12-13)19-17-6-3-11-29(17)20(27-26-19)25-15-4-1-9-28-10-2-5-16(15)28/h3,6-8,11-12,15-16,30H,1-2,4-5,9-10H2,(H,25,27)/t15-,16+/m1/s1. The highest BCUT2D eigenvalue weighted by molar-refractivity contribution is 5.81. The zero-order chi connectivity index (χ0) is 20.9. The fourth-order valence-corrected chi connectivity index (χ4v) is 4.78. The van der Waals surface area contributed by atoms with Crippen LogP contribution in [-0.2, 0) is 6.18 Å². The van der Waals surface area contributed by atoms with Gasteiger partial charge in [0.15, 0.2) is 0 Å². The number of nitrogens with zero attached hydrogens (tertiary/aromatic N) is 4. The van der Waals surface area contributed by atoms with Crippen molar-refractivity contribution in [2.45, 2.75) is 43.9 Å². The average Bonchev–Trinajstić information content (AvgIpc) is 3.38. The Labute approximate surface area is 171 Å². The number of hydrogen-bond donors (Lipinski definition) is 2. The first-order chi connectivity index (χ1) is 14.4. The number of piperidine rings is 1. The molecule has 5 rings (SSSR count). The molecule has 0 amide bonds. The third-order valence-corrected chi connectivity index (χ3v) is 6.20. The van der Waals surface area contributed by atoms with E-state index in [-0.39, 0.29) is 11.6 Å². The SMILES string of the molecule is Oc1cc(C(F)(F)F)ccc1-c1nnc(N[C@@H]2CCCN3CCC[C@@H]23)n2cccc12. The van der Waals surface area contributed by atoms with Crippen molar-refractivity contribution in [2.75, 3.05) is 18.4 Å². The molecule has 0 bridgehead atoms. The predicted octanol–water partition coefficient (Wildman–Crippen LogP) is 4.16. The van der Waals surface area contributed by atoms with Gasteiger partial charge in [-0.25, -0.2) is 0 Å². The number of anilines is 1. The number of phenols is 1. The Morgan fingerprint density at radius 3 is 2.63 bits per heavy atom. The van der Waals surface area contributed by atoms with E-state index in [0.717, 1.165) is 44.5 Å². The fourth-order valence-electron chi connectivity index (χ4n) is 4.78. The summed E-state index contributed by atoms with van der Waals surface area (Å²) in [4.78, 5) is 2.52. The van der Waals surface area contributed by atoms with E-state index in [9.17, 15) is 18.3 Å². The molecular formula is C21H22F3N5O. The molecule has 2 atom stereocenters. The highest BCUT2D eigenvalue weighted by atomic mass is 19.4. The molecule has 2 aliphatic heterocycles. The number of aromatic nitrogens is 3. The van der Waals surface area contributed by atoms with Crippen LogP contribution in [0.2, 0.25) is 0 Å². The molecule has 1 aromatic carbocycles. The maximum atomic E-state index is 12.9. The molecule has 4 heterocycles. The lowest BCUT2D eigenvalue weighted by Gasteiger charge is -2.37. The zero-order valence-electron chi connectivity index (χ0n) is 16.2. The monoisotopic (exact) mass is 417 g/mol. The molecule has 0 saturated carbocycles. The number of nitrogens with one attached hydrogen (secondary N) is 1. The Balaban J connectivity index is 1.49. The lowest BCUT2D eigenvalue weighted by atomic mass is 9.96. The second-order valence-electron chi connectivity index (χ2n) is 8.00. The number of halogens is 3. The minimum absolute atomic E-state index is 0.213.